The van der Waals surface area contributed by atoms with Crippen molar-refractivity contribution >= 4 is 5.71 Å². The lowest BCUT2D eigenvalue weighted by Gasteiger charge is -2.01. The standard InChI is InChI=1S/C6H8FN.C2H6/c1-5-2-3-6(7)4-8-5;1-2/h4H,2-3H2,1H3;1-2H3. The summed E-state index contributed by atoms with van der Waals surface area (Å²) in [4.78, 5) is 3.79. The summed E-state index contributed by atoms with van der Waals surface area (Å²) in [5.41, 5.74) is 1.02. The van der Waals surface area contributed by atoms with Crippen LogP contribution in [0.1, 0.15) is 33.6 Å². The van der Waals surface area contributed by atoms with Gasteiger partial charge >= 0.3 is 0 Å². The Balaban J connectivity index is 0.000000371. The van der Waals surface area contributed by atoms with E-state index >= 15 is 0 Å². The molecule has 0 aromatic rings. The normalized spacial score (nSPS) is 16.4. The summed E-state index contributed by atoms with van der Waals surface area (Å²) in [6, 6.07) is 0. The van der Waals surface area contributed by atoms with E-state index in [4.69, 9.17) is 0 Å². The van der Waals surface area contributed by atoms with Crippen LogP contribution in [0.5, 0.6) is 0 Å². The zero-order valence-electron chi connectivity index (χ0n) is 6.82. The Labute approximate surface area is 61.7 Å². The third-order valence-corrected chi connectivity index (χ3v) is 1.15. The molecule has 1 aliphatic rings. The largest absolute Gasteiger partial charge is 0.263 e. The van der Waals surface area contributed by atoms with Gasteiger partial charge in [0.25, 0.3) is 0 Å². The van der Waals surface area contributed by atoms with Gasteiger partial charge in [0.1, 0.15) is 5.83 Å². The van der Waals surface area contributed by atoms with Crippen LogP contribution < -0.4 is 0 Å². The van der Waals surface area contributed by atoms with Crippen molar-refractivity contribution in [3.05, 3.63) is 12.0 Å². The molecule has 1 rings (SSSR count). The summed E-state index contributed by atoms with van der Waals surface area (Å²) in [6.07, 6.45) is 2.61. The molecule has 0 N–H and O–H groups in total. The number of rotatable bonds is 0. The molecule has 0 saturated carbocycles. The molecule has 0 radical (unpaired) electrons. The molecule has 0 unspecified atom stereocenters. The van der Waals surface area contributed by atoms with Gasteiger partial charge in [0.2, 0.25) is 0 Å². The summed E-state index contributed by atoms with van der Waals surface area (Å²) in [5.74, 6) is -0.101. The van der Waals surface area contributed by atoms with Gasteiger partial charge < -0.3 is 0 Å². The summed E-state index contributed by atoms with van der Waals surface area (Å²) >= 11 is 0. The van der Waals surface area contributed by atoms with Crippen LogP contribution >= 0.6 is 0 Å². The first-order valence-corrected chi connectivity index (χ1v) is 3.67. The van der Waals surface area contributed by atoms with Crippen LogP contribution in [0.4, 0.5) is 4.39 Å². The van der Waals surface area contributed by atoms with Crippen LogP contribution in [0.2, 0.25) is 0 Å². The van der Waals surface area contributed by atoms with Gasteiger partial charge in [-0.2, -0.15) is 0 Å². The minimum Gasteiger partial charge on any atom is -0.263 e. The zero-order chi connectivity index (χ0) is 7.98. The number of nitrogens with zero attached hydrogens (tertiary/aromatic N) is 1. The highest BCUT2D eigenvalue weighted by Gasteiger charge is 2.00. The van der Waals surface area contributed by atoms with E-state index in [1.165, 1.54) is 6.20 Å². The van der Waals surface area contributed by atoms with E-state index in [1.807, 2.05) is 20.8 Å². The molecule has 0 spiro atoms. The lowest BCUT2D eigenvalue weighted by molar-refractivity contribution is 0.587. The number of halogens is 1. The molecule has 0 amide bonds. The van der Waals surface area contributed by atoms with Crippen LogP contribution in [-0.2, 0) is 0 Å². The SMILES string of the molecule is CC.CC1=NC=C(F)CC1. The van der Waals surface area contributed by atoms with Crippen molar-refractivity contribution in [2.75, 3.05) is 0 Å². The Morgan fingerprint density at radius 3 is 2.30 bits per heavy atom. The number of hydrogen-bond acceptors (Lipinski definition) is 1. The second kappa shape index (κ2) is 5.15. The van der Waals surface area contributed by atoms with Crippen LogP contribution in [0, 0.1) is 0 Å². The van der Waals surface area contributed by atoms with E-state index < -0.39 is 0 Å². The quantitative estimate of drug-likeness (QED) is 0.494. The first-order valence-electron chi connectivity index (χ1n) is 3.67. The first kappa shape index (κ1) is 9.34. The van der Waals surface area contributed by atoms with E-state index in [1.54, 1.807) is 0 Å². The van der Waals surface area contributed by atoms with Crippen molar-refractivity contribution in [1.82, 2.24) is 0 Å². The maximum atomic E-state index is 12.1. The maximum absolute atomic E-state index is 12.1. The Kier molecular flexibility index (Phi) is 4.81. The minimum atomic E-state index is -0.101. The fourth-order valence-electron chi connectivity index (χ4n) is 0.610. The van der Waals surface area contributed by atoms with Gasteiger partial charge in [-0.1, -0.05) is 13.8 Å². The van der Waals surface area contributed by atoms with E-state index in [9.17, 15) is 4.39 Å². The average Bonchev–Trinajstić information content (AvgIpc) is 2.00. The predicted octanol–water partition coefficient (Wildman–Crippen LogP) is 3.08. The third-order valence-electron chi connectivity index (χ3n) is 1.15. The topological polar surface area (TPSA) is 12.4 Å². The first-order chi connectivity index (χ1) is 4.79. The zero-order valence-corrected chi connectivity index (χ0v) is 6.82. The van der Waals surface area contributed by atoms with E-state index in [2.05, 4.69) is 4.99 Å². The lowest BCUT2D eigenvalue weighted by atomic mass is 10.2. The van der Waals surface area contributed by atoms with Crippen LogP contribution in [0.25, 0.3) is 0 Å². The summed E-state index contributed by atoms with van der Waals surface area (Å²) in [6.45, 7) is 5.91. The van der Waals surface area contributed by atoms with Gasteiger partial charge in [0.05, 0.1) is 6.20 Å². The molecular formula is C8H14FN. The molecule has 1 heterocycles. The minimum absolute atomic E-state index is 0.101. The van der Waals surface area contributed by atoms with E-state index in [0.29, 0.717) is 6.42 Å². The monoisotopic (exact) mass is 143 g/mol. The van der Waals surface area contributed by atoms with Crippen molar-refractivity contribution in [2.45, 2.75) is 33.6 Å². The van der Waals surface area contributed by atoms with Gasteiger partial charge in [-0.3, -0.25) is 4.99 Å². The molecule has 1 aliphatic heterocycles. The molecule has 0 aromatic carbocycles. The molecule has 1 nitrogen and oxygen atoms in total. The molecular weight excluding hydrogens is 129 g/mol. The molecule has 0 saturated heterocycles. The van der Waals surface area contributed by atoms with Crippen molar-refractivity contribution < 1.29 is 4.39 Å². The molecule has 0 atom stereocenters. The van der Waals surface area contributed by atoms with Crippen molar-refractivity contribution in [3.63, 3.8) is 0 Å². The Bertz CT molecular complexity index is 129. The molecule has 2 heteroatoms. The Hall–Kier alpha value is -0.660. The number of allylic oxidation sites excluding steroid dienone is 1. The Morgan fingerprint density at radius 1 is 1.40 bits per heavy atom. The molecule has 0 aromatic heterocycles. The van der Waals surface area contributed by atoms with Gasteiger partial charge in [-0.25, -0.2) is 4.39 Å². The van der Waals surface area contributed by atoms with Crippen molar-refractivity contribution in [2.24, 2.45) is 4.99 Å². The smallest absolute Gasteiger partial charge is 0.118 e. The highest BCUT2D eigenvalue weighted by Crippen LogP contribution is 2.12. The van der Waals surface area contributed by atoms with Gasteiger partial charge in [0.15, 0.2) is 0 Å². The molecule has 0 bridgehead atoms. The second-order valence-electron chi connectivity index (χ2n) is 1.94. The maximum Gasteiger partial charge on any atom is 0.118 e. The summed E-state index contributed by atoms with van der Waals surface area (Å²) in [5, 5.41) is 0. The van der Waals surface area contributed by atoms with Crippen LogP contribution in [0.15, 0.2) is 17.0 Å². The van der Waals surface area contributed by atoms with Gasteiger partial charge in [0, 0.05) is 12.1 Å². The molecule has 10 heavy (non-hydrogen) atoms. The number of aliphatic imine (C=N–C) groups is 1. The van der Waals surface area contributed by atoms with E-state index in [0.717, 1.165) is 12.1 Å². The molecule has 0 fully saturated rings. The van der Waals surface area contributed by atoms with E-state index in [-0.39, 0.29) is 5.83 Å². The third kappa shape index (κ3) is 3.38. The second-order valence-corrected chi connectivity index (χ2v) is 1.94. The highest BCUT2D eigenvalue weighted by molar-refractivity contribution is 5.83. The van der Waals surface area contributed by atoms with Gasteiger partial charge in [-0.15, -0.1) is 0 Å². The number of hydrogen-bond donors (Lipinski definition) is 0. The van der Waals surface area contributed by atoms with Crippen molar-refractivity contribution in [3.8, 4) is 0 Å². The fraction of sp³-hybridized carbons (Fsp3) is 0.625. The molecule has 58 valence electrons. The van der Waals surface area contributed by atoms with Crippen LogP contribution in [0.3, 0.4) is 0 Å². The lowest BCUT2D eigenvalue weighted by Crippen LogP contribution is -1.94. The van der Waals surface area contributed by atoms with Gasteiger partial charge in [-0.05, 0) is 13.3 Å². The fourth-order valence-corrected chi connectivity index (χ4v) is 0.610. The highest BCUT2D eigenvalue weighted by atomic mass is 19.1. The average molecular weight is 143 g/mol. The summed E-state index contributed by atoms with van der Waals surface area (Å²) in [7, 11) is 0. The molecule has 0 aliphatic carbocycles. The predicted molar refractivity (Wildman–Crippen MR) is 42.9 cm³/mol. The van der Waals surface area contributed by atoms with Crippen LogP contribution in [-0.4, -0.2) is 5.71 Å². The van der Waals surface area contributed by atoms with Crippen molar-refractivity contribution in [1.29, 1.82) is 0 Å². The summed E-state index contributed by atoms with van der Waals surface area (Å²) < 4.78 is 12.1. The Morgan fingerprint density at radius 2 is 2.00 bits per heavy atom.